The number of nitrogens with one attached hydrogen (secondary N) is 1. The van der Waals surface area contributed by atoms with Crippen molar-refractivity contribution in [2.45, 2.75) is 38.5 Å². The van der Waals surface area contributed by atoms with Gasteiger partial charge in [-0.2, -0.15) is 0 Å². The highest BCUT2D eigenvalue weighted by atomic mass is 16.5. The van der Waals surface area contributed by atoms with Crippen LogP contribution in [-0.2, 0) is 9.47 Å². The largest absolute Gasteiger partial charge is 0.388 e. The molecule has 1 aliphatic heterocycles. The van der Waals surface area contributed by atoms with Crippen molar-refractivity contribution < 1.29 is 9.47 Å². The first-order valence-corrected chi connectivity index (χ1v) is 7.20. The summed E-state index contributed by atoms with van der Waals surface area (Å²) in [4.78, 5) is 3.39. The minimum Gasteiger partial charge on any atom is -0.377 e. The smallest absolute Gasteiger partial charge is 0.377 e. The average Bonchev–Trinajstić information content (AvgIpc) is 2.49. The number of benzene rings is 1. The number of hydrogen-bond acceptors (Lipinski definition) is 4. The zero-order valence-electron chi connectivity index (χ0n) is 12.1. The van der Waals surface area contributed by atoms with E-state index in [1.54, 1.807) is 0 Å². The second-order valence-electron chi connectivity index (χ2n) is 4.85. The van der Waals surface area contributed by atoms with Gasteiger partial charge in [0.25, 0.3) is 0 Å². The maximum absolute atomic E-state index is 9.17. The Labute approximate surface area is 119 Å². The van der Waals surface area contributed by atoms with Gasteiger partial charge < -0.3 is 9.47 Å². The molecule has 1 aromatic rings. The minimum absolute atomic E-state index is 0.0217. The van der Waals surface area contributed by atoms with Crippen molar-refractivity contribution in [2.75, 3.05) is 19.8 Å². The molecule has 0 aromatic heterocycles. The number of ether oxygens (including phenoxy) is 2. The van der Waals surface area contributed by atoms with Crippen molar-refractivity contribution in [1.29, 1.82) is 5.39 Å². The lowest BCUT2D eigenvalue weighted by atomic mass is 9.86. The summed E-state index contributed by atoms with van der Waals surface area (Å²) in [6, 6.07) is 7.65. The Kier molecular flexibility index (Phi) is 5.48. The molecule has 2 rings (SSSR count). The number of rotatable bonds is 5. The fraction of sp³-hybridized carbons (Fsp3) is 0.600. The van der Waals surface area contributed by atoms with Crippen LogP contribution in [0.15, 0.2) is 24.3 Å². The van der Waals surface area contributed by atoms with Crippen LogP contribution < -0.4 is 5.32 Å². The molecule has 1 aliphatic rings. The Morgan fingerprint density at radius 1 is 1.25 bits per heavy atom. The van der Waals surface area contributed by atoms with Crippen LogP contribution in [0.1, 0.15) is 31.7 Å². The Morgan fingerprint density at radius 2 is 2.00 bits per heavy atom. The van der Waals surface area contributed by atoms with E-state index in [0.717, 1.165) is 18.5 Å². The highest BCUT2D eigenvalue weighted by Gasteiger charge is 2.35. The lowest BCUT2D eigenvalue weighted by Crippen LogP contribution is -2.48. The molecule has 1 aromatic carbocycles. The Balaban J connectivity index is 2.24. The van der Waals surface area contributed by atoms with Gasteiger partial charge in [-0.3, -0.25) is 5.32 Å². The molecule has 0 aliphatic carbocycles. The molecule has 1 heterocycles. The van der Waals surface area contributed by atoms with Crippen LogP contribution in [0.5, 0.6) is 0 Å². The van der Waals surface area contributed by atoms with E-state index in [9.17, 15) is 5.39 Å². The molecular formula is C15H22N3O2+. The third kappa shape index (κ3) is 3.34. The molecule has 5 heteroatoms. The third-order valence-electron chi connectivity index (χ3n) is 3.66. The second kappa shape index (κ2) is 7.34. The maximum Gasteiger partial charge on any atom is 0.388 e. The molecule has 0 spiro atoms. The average molecular weight is 276 g/mol. The third-order valence-corrected chi connectivity index (χ3v) is 3.66. The minimum atomic E-state index is 0.0217. The highest BCUT2D eigenvalue weighted by Crippen LogP contribution is 2.35. The molecule has 1 fully saturated rings. The number of diazo groups is 1. The molecule has 1 N–H and O–H groups in total. The molecule has 20 heavy (non-hydrogen) atoms. The van der Waals surface area contributed by atoms with Crippen molar-refractivity contribution >= 4 is 5.69 Å². The Hall–Kier alpha value is -1.48. The van der Waals surface area contributed by atoms with Gasteiger partial charge >= 0.3 is 5.69 Å². The van der Waals surface area contributed by atoms with Crippen LogP contribution in [-0.4, -0.2) is 32.1 Å². The van der Waals surface area contributed by atoms with Crippen LogP contribution >= 0.6 is 0 Å². The van der Waals surface area contributed by atoms with Crippen molar-refractivity contribution in [3.63, 3.8) is 0 Å². The van der Waals surface area contributed by atoms with Gasteiger partial charge in [-0.1, -0.05) is 18.2 Å². The summed E-state index contributed by atoms with van der Waals surface area (Å²) in [6.07, 6.45) is 0.901. The Morgan fingerprint density at radius 3 is 2.70 bits per heavy atom. The van der Waals surface area contributed by atoms with E-state index >= 15 is 0 Å². The van der Waals surface area contributed by atoms with Crippen molar-refractivity contribution in [3.8, 4) is 0 Å². The predicted molar refractivity (Wildman–Crippen MR) is 77.4 cm³/mol. The van der Waals surface area contributed by atoms with Crippen molar-refractivity contribution in [1.82, 2.24) is 5.32 Å². The van der Waals surface area contributed by atoms with Gasteiger partial charge in [-0.05, 0) is 20.3 Å². The molecule has 0 saturated carbocycles. The van der Waals surface area contributed by atoms with Crippen LogP contribution in [0.3, 0.4) is 0 Å². The SMILES string of the molecule is CCOC1CC(c2ccccc2[N+]#N)C(OCC)CN1. The van der Waals surface area contributed by atoms with Crippen LogP contribution in [0.4, 0.5) is 5.69 Å². The molecule has 0 amide bonds. The summed E-state index contributed by atoms with van der Waals surface area (Å²) in [7, 11) is 0. The van der Waals surface area contributed by atoms with E-state index in [4.69, 9.17) is 9.47 Å². The van der Waals surface area contributed by atoms with Gasteiger partial charge in [0, 0.05) is 31.7 Å². The van der Waals surface area contributed by atoms with Gasteiger partial charge in [0.05, 0.1) is 11.7 Å². The van der Waals surface area contributed by atoms with Gasteiger partial charge in [-0.25, -0.2) is 0 Å². The zero-order chi connectivity index (χ0) is 14.4. The summed E-state index contributed by atoms with van der Waals surface area (Å²) in [6.45, 7) is 6.07. The van der Waals surface area contributed by atoms with E-state index in [2.05, 4.69) is 10.3 Å². The van der Waals surface area contributed by atoms with E-state index in [0.29, 0.717) is 18.9 Å². The molecule has 108 valence electrons. The van der Waals surface area contributed by atoms with Gasteiger partial charge in [0.2, 0.25) is 5.39 Å². The molecule has 5 nitrogen and oxygen atoms in total. The van der Waals surface area contributed by atoms with E-state index in [-0.39, 0.29) is 18.2 Å². The molecule has 3 atom stereocenters. The maximum atomic E-state index is 9.17. The quantitative estimate of drug-likeness (QED) is 0.840. The van der Waals surface area contributed by atoms with Crippen molar-refractivity contribution in [2.24, 2.45) is 0 Å². The van der Waals surface area contributed by atoms with Crippen LogP contribution in [0.25, 0.3) is 4.98 Å². The van der Waals surface area contributed by atoms with Gasteiger partial charge in [0.1, 0.15) is 6.23 Å². The van der Waals surface area contributed by atoms with Crippen LogP contribution in [0, 0.1) is 5.39 Å². The molecule has 0 bridgehead atoms. The second-order valence-corrected chi connectivity index (χ2v) is 4.85. The zero-order valence-corrected chi connectivity index (χ0v) is 12.1. The lowest BCUT2D eigenvalue weighted by Gasteiger charge is -2.36. The van der Waals surface area contributed by atoms with Crippen molar-refractivity contribution in [3.05, 3.63) is 34.8 Å². The predicted octanol–water partition coefficient (Wildman–Crippen LogP) is 3.02. The summed E-state index contributed by atoms with van der Waals surface area (Å²) >= 11 is 0. The summed E-state index contributed by atoms with van der Waals surface area (Å²) in [5.41, 5.74) is 1.62. The van der Waals surface area contributed by atoms with Crippen LogP contribution in [0.2, 0.25) is 0 Å². The Bertz CT molecular complexity index is 472. The lowest BCUT2D eigenvalue weighted by molar-refractivity contribution is -0.0442. The first-order valence-electron chi connectivity index (χ1n) is 7.20. The van der Waals surface area contributed by atoms with E-state index in [1.807, 2.05) is 38.1 Å². The molecule has 3 unspecified atom stereocenters. The van der Waals surface area contributed by atoms with E-state index in [1.165, 1.54) is 0 Å². The summed E-state index contributed by atoms with van der Waals surface area (Å²) in [5, 5.41) is 12.5. The topological polar surface area (TPSA) is 58.6 Å². The van der Waals surface area contributed by atoms with E-state index < -0.39 is 0 Å². The monoisotopic (exact) mass is 276 g/mol. The number of nitrogens with zero attached hydrogens (tertiary/aromatic N) is 2. The summed E-state index contributed by atoms with van der Waals surface area (Å²) < 4.78 is 11.5. The van der Waals surface area contributed by atoms with Gasteiger partial charge in [0.15, 0.2) is 4.98 Å². The molecule has 1 saturated heterocycles. The normalized spacial score (nSPS) is 26.1. The molecule has 0 radical (unpaired) electrons. The first-order chi connectivity index (χ1) is 9.80. The first kappa shape index (κ1) is 14.9. The standard InChI is InChI=1S/C15H22N3O2/c1-3-19-14-10-17-15(20-4-2)9-12(14)11-7-5-6-8-13(11)18-16/h5-8,12,14-15,17H,3-4,9-10H2,1-2H3/q+1. The fourth-order valence-corrected chi connectivity index (χ4v) is 2.79. The van der Waals surface area contributed by atoms with Gasteiger partial charge in [-0.15, -0.1) is 0 Å². The summed E-state index contributed by atoms with van der Waals surface area (Å²) in [5.74, 6) is 0.167. The highest BCUT2D eigenvalue weighted by molar-refractivity contribution is 5.53. The fourth-order valence-electron chi connectivity index (χ4n) is 2.79. The molecular weight excluding hydrogens is 254 g/mol. The number of piperidine rings is 1. The number of hydrogen-bond donors (Lipinski definition) is 1.